The van der Waals surface area contributed by atoms with Crippen molar-refractivity contribution in [3.63, 3.8) is 0 Å². The van der Waals surface area contributed by atoms with E-state index in [9.17, 15) is 0 Å². The maximum absolute atomic E-state index is 5.27. The third-order valence-corrected chi connectivity index (χ3v) is 3.53. The van der Waals surface area contributed by atoms with Crippen LogP contribution in [0.2, 0.25) is 0 Å². The summed E-state index contributed by atoms with van der Waals surface area (Å²) in [6, 6.07) is 0.445. The van der Waals surface area contributed by atoms with E-state index in [1.54, 1.807) is 0 Å². The maximum Gasteiger partial charge on any atom is 0.240 e. The molecule has 2 rings (SSSR count). The Kier molecular flexibility index (Phi) is 4.15. The van der Waals surface area contributed by atoms with Gasteiger partial charge in [0.1, 0.15) is 0 Å². The fourth-order valence-electron chi connectivity index (χ4n) is 2.32. The molecule has 0 atom stereocenters. The number of hydrogen-bond donors (Lipinski definition) is 1. The summed E-state index contributed by atoms with van der Waals surface area (Å²) in [5.41, 5.74) is 0. The Hall–Kier alpha value is -0.900. The molecular formula is C13H23N3O. The average molecular weight is 237 g/mol. The third-order valence-electron chi connectivity index (χ3n) is 3.53. The molecule has 1 heterocycles. The van der Waals surface area contributed by atoms with E-state index in [1.165, 1.54) is 25.7 Å². The van der Waals surface area contributed by atoms with Gasteiger partial charge in [-0.2, -0.15) is 4.98 Å². The molecule has 1 aliphatic carbocycles. The van der Waals surface area contributed by atoms with E-state index >= 15 is 0 Å². The quantitative estimate of drug-likeness (QED) is 0.874. The Morgan fingerprint density at radius 1 is 1.29 bits per heavy atom. The second kappa shape index (κ2) is 5.63. The van der Waals surface area contributed by atoms with Gasteiger partial charge in [0.25, 0.3) is 0 Å². The van der Waals surface area contributed by atoms with Crippen molar-refractivity contribution in [2.45, 2.75) is 65.0 Å². The van der Waals surface area contributed by atoms with Gasteiger partial charge in [0, 0.05) is 12.0 Å². The van der Waals surface area contributed by atoms with E-state index < -0.39 is 0 Å². The van der Waals surface area contributed by atoms with Gasteiger partial charge in [-0.25, -0.2) is 0 Å². The molecule has 96 valence electrons. The van der Waals surface area contributed by atoms with Crippen LogP contribution in [0.25, 0.3) is 0 Å². The summed E-state index contributed by atoms with van der Waals surface area (Å²) < 4.78 is 5.27. The number of rotatable bonds is 4. The molecule has 0 aromatic carbocycles. The lowest BCUT2D eigenvalue weighted by molar-refractivity contribution is 0.321. The lowest BCUT2D eigenvalue weighted by Crippen LogP contribution is -2.22. The van der Waals surface area contributed by atoms with Crippen LogP contribution >= 0.6 is 0 Å². The number of hydrogen-bond acceptors (Lipinski definition) is 4. The van der Waals surface area contributed by atoms with E-state index in [4.69, 9.17) is 4.52 Å². The molecule has 4 nitrogen and oxygen atoms in total. The monoisotopic (exact) mass is 237 g/mol. The van der Waals surface area contributed by atoms with Crippen LogP contribution in [-0.2, 0) is 6.54 Å². The van der Waals surface area contributed by atoms with Crippen molar-refractivity contribution in [3.8, 4) is 0 Å². The van der Waals surface area contributed by atoms with Crippen LogP contribution < -0.4 is 5.32 Å². The molecule has 0 aliphatic heterocycles. The number of nitrogens with zero attached hydrogens (tertiary/aromatic N) is 2. The second-order valence-electron chi connectivity index (χ2n) is 5.54. The minimum Gasteiger partial charge on any atom is -0.338 e. The molecule has 4 heteroatoms. The summed E-state index contributed by atoms with van der Waals surface area (Å²) in [6.07, 6.45) is 4.99. The van der Waals surface area contributed by atoms with E-state index in [0.29, 0.717) is 24.4 Å². The van der Waals surface area contributed by atoms with Crippen LogP contribution in [0.15, 0.2) is 4.52 Å². The van der Waals surface area contributed by atoms with E-state index in [0.717, 1.165) is 11.7 Å². The highest BCUT2D eigenvalue weighted by atomic mass is 16.5. The zero-order chi connectivity index (χ0) is 12.3. The Morgan fingerprint density at radius 3 is 2.65 bits per heavy atom. The van der Waals surface area contributed by atoms with E-state index in [-0.39, 0.29) is 0 Å². The van der Waals surface area contributed by atoms with Gasteiger partial charge in [0.2, 0.25) is 5.89 Å². The molecule has 1 N–H and O–H groups in total. The molecule has 0 unspecified atom stereocenters. The predicted molar refractivity (Wildman–Crippen MR) is 66.6 cm³/mol. The molecule has 1 saturated carbocycles. The van der Waals surface area contributed by atoms with Crippen molar-refractivity contribution < 1.29 is 4.52 Å². The van der Waals surface area contributed by atoms with Crippen LogP contribution in [0, 0.1) is 5.92 Å². The standard InChI is InChI=1S/C13H23N3O/c1-9(2)14-8-12-15-13(16-17-12)11-6-4-10(3)5-7-11/h9-11,14H,4-8H2,1-3H3. The Bertz CT molecular complexity index is 340. The van der Waals surface area contributed by atoms with Crippen molar-refractivity contribution in [2.24, 2.45) is 5.92 Å². The molecule has 0 amide bonds. The van der Waals surface area contributed by atoms with Crippen molar-refractivity contribution in [3.05, 3.63) is 11.7 Å². The molecule has 1 aromatic heterocycles. The van der Waals surface area contributed by atoms with Crippen molar-refractivity contribution in [1.82, 2.24) is 15.5 Å². The SMILES string of the molecule is CC1CCC(c2noc(CNC(C)C)n2)CC1. The van der Waals surface area contributed by atoms with Crippen molar-refractivity contribution in [1.29, 1.82) is 0 Å². The van der Waals surface area contributed by atoms with Crippen LogP contribution in [-0.4, -0.2) is 16.2 Å². The van der Waals surface area contributed by atoms with E-state index in [2.05, 4.69) is 36.2 Å². The van der Waals surface area contributed by atoms with Gasteiger partial charge in [-0.1, -0.05) is 38.8 Å². The zero-order valence-electron chi connectivity index (χ0n) is 11.1. The molecule has 1 fully saturated rings. The summed E-state index contributed by atoms with van der Waals surface area (Å²) in [5.74, 6) is 3.01. The Morgan fingerprint density at radius 2 is 2.00 bits per heavy atom. The molecule has 0 spiro atoms. The van der Waals surface area contributed by atoms with Gasteiger partial charge >= 0.3 is 0 Å². The fourth-order valence-corrected chi connectivity index (χ4v) is 2.32. The molecule has 1 aromatic rings. The summed E-state index contributed by atoms with van der Waals surface area (Å²) in [4.78, 5) is 4.49. The van der Waals surface area contributed by atoms with Crippen molar-refractivity contribution >= 4 is 0 Å². The average Bonchev–Trinajstić information content (AvgIpc) is 2.76. The summed E-state index contributed by atoms with van der Waals surface area (Å²) in [7, 11) is 0. The topological polar surface area (TPSA) is 51.0 Å². The highest BCUT2D eigenvalue weighted by Crippen LogP contribution is 2.33. The largest absolute Gasteiger partial charge is 0.338 e. The summed E-state index contributed by atoms with van der Waals surface area (Å²) in [5, 5.41) is 7.41. The lowest BCUT2D eigenvalue weighted by Gasteiger charge is -2.23. The lowest BCUT2D eigenvalue weighted by atomic mass is 9.83. The predicted octanol–water partition coefficient (Wildman–Crippen LogP) is 2.86. The van der Waals surface area contributed by atoms with Gasteiger partial charge in [-0.3, -0.25) is 0 Å². The van der Waals surface area contributed by atoms with Crippen LogP contribution in [0.5, 0.6) is 0 Å². The van der Waals surface area contributed by atoms with Crippen LogP contribution in [0.1, 0.15) is 64.1 Å². The number of nitrogens with one attached hydrogen (secondary N) is 1. The Balaban J connectivity index is 1.89. The molecule has 0 bridgehead atoms. The van der Waals surface area contributed by atoms with Gasteiger partial charge < -0.3 is 9.84 Å². The third kappa shape index (κ3) is 3.53. The van der Waals surface area contributed by atoms with Crippen LogP contribution in [0.4, 0.5) is 0 Å². The maximum atomic E-state index is 5.27. The van der Waals surface area contributed by atoms with Gasteiger partial charge in [-0.15, -0.1) is 0 Å². The van der Waals surface area contributed by atoms with Gasteiger partial charge in [-0.05, 0) is 18.8 Å². The van der Waals surface area contributed by atoms with Gasteiger partial charge in [0.15, 0.2) is 5.82 Å². The minimum atomic E-state index is 0.445. The molecule has 17 heavy (non-hydrogen) atoms. The van der Waals surface area contributed by atoms with Crippen molar-refractivity contribution in [2.75, 3.05) is 0 Å². The highest BCUT2D eigenvalue weighted by Gasteiger charge is 2.23. The first kappa shape index (κ1) is 12.6. The summed E-state index contributed by atoms with van der Waals surface area (Å²) >= 11 is 0. The van der Waals surface area contributed by atoms with E-state index in [1.807, 2.05) is 0 Å². The second-order valence-corrected chi connectivity index (χ2v) is 5.54. The first-order valence-corrected chi connectivity index (χ1v) is 6.71. The zero-order valence-corrected chi connectivity index (χ0v) is 11.1. The van der Waals surface area contributed by atoms with Gasteiger partial charge in [0.05, 0.1) is 6.54 Å². The molecular weight excluding hydrogens is 214 g/mol. The normalized spacial score (nSPS) is 25.4. The number of aromatic nitrogens is 2. The van der Waals surface area contributed by atoms with Crippen LogP contribution in [0.3, 0.4) is 0 Å². The summed E-state index contributed by atoms with van der Waals surface area (Å²) in [6.45, 7) is 7.22. The smallest absolute Gasteiger partial charge is 0.240 e. The molecule has 0 radical (unpaired) electrons. The highest BCUT2D eigenvalue weighted by molar-refractivity contribution is 4.97. The molecule has 1 aliphatic rings. The fraction of sp³-hybridized carbons (Fsp3) is 0.846. The Labute approximate surface area is 103 Å². The minimum absolute atomic E-state index is 0.445. The molecule has 0 saturated heterocycles. The first-order valence-electron chi connectivity index (χ1n) is 6.71. The first-order chi connectivity index (χ1) is 8.15.